The smallest absolute Gasteiger partial charge is 0.160 e. The van der Waals surface area contributed by atoms with Gasteiger partial charge < -0.3 is 15.6 Å². The molecule has 5 rings (SSSR count). The lowest BCUT2D eigenvalue weighted by atomic mass is 9.98. The monoisotopic (exact) mass is 486 g/mol. The van der Waals surface area contributed by atoms with Gasteiger partial charge in [-0.2, -0.15) is 0 Å². The van der Waals surface area contributed by atoms with E-state index in [2.05, 4.69) is 32.2 Å². The molecule has 4 heterocycles. The van der Waals surface area contributed by atoms with Crippen LogP contribution in [-0.4, -0.2) is 52.2 Å². The van der Waals surface area contributed by atoms with Gasteiger partial charge in [0.05, 0.1) is 5.69 Å². The molecule has 35 heavy (non-hydrogen) atoms. The number of benzene rings is 1. The van der Waals surface area contributed by atoms with Crippen molar-refractivity contribution in [1.29, 1.82) is 5.41 Å². The van der Waals surface area contributed by atoms with E-state index in [1.807, 2.05) is 30.5 Å². The van der Waals surface area contributed by atoms with Gasteiger partial charge in [0.15, 0.2) is 5.65 Å². The van der Waals surface area contributed by atoms with Gasteiger partial charge in [0.2, 0.25) is 0 Å². The van der Waals surface area contributed by atoms with Crippen LogP contribution in [0.5, 0.6) is 0 Å². The largest absolute Gasteiger partial charge is 0.386 e. The maximum atomic E-state index is 14.7. The minimum absolute atomic E-state index is 0.307. The molecule has 3 aromatic heterocycles. The Labute approximate surface area is 208 Å². The second-order valence-electron chi connectivity index (χ2n) is 8.67. The summed E-state index contributed by atoms with van der Waals surface area (Å²) in [7, 11) is 2.10. The van der Waals surface area contributed by atoms with Crippen LogP contribution in [0.4, 0.5) is 4.39 Å². The summed E-state index contributed by atoms with van der Waals surface area (Å²) in [5.41, 5.74) is 4.42. The average molecular weight is 487 g/mol. The number of halogens is 2. The third kappa shape index (κ3) is 4.92. The fourth-order valence-electron chi connectivity index (χ4n) is 4.36. The number of fused-ring (bicyclic) bond motifs is 1. The second-order valence-corrected chi connectivity index (χ2v) is 9.11. The Hall–Kier alpha value is -3.68. The quantitative estimate of drug-likeness (QED) is 0.355. The van der Waals surface area contributed by atoms with Crippen LogP contribution >= 0.6 is 11.6 Å². The highest BCUT2D eigenvalue weighted by Gasteiger charge is 2.18. The van der Waals surface area contributed by atoms with Gasteiger partial charge in [0.1, 0.15) is 5.82 Å². The maximum Gasteiger partial charge on any atom is 0.160 e. The summed E-state index contributed by atoms with van der Waals surface area (Å²) in [6, 6.07) is 12.4. The SMILES string of the molecule is CN1CCC(N/C=C(\C=N)c2cncc(-c3cc(-c4cc(Cl)ccc4F)nc4ncccc34)c2)C1. The van der Waals surface area contributed by atoms with Crippen molar-refractivity contribution in [3.05, 3.63) is 83.7 Å². The molecule has 1 aliphatic heterocycles. The van der Waals surface area contributed by atoms with Gasteiger partial charge in [0.25, 0.3) is 0 Å². The van der Waals surface area contributed by atoms with E-state index in [0.717, 1.165) is 47.2 Å². The second kappa shape index (κ2) is 9.90. The molecular weight excluding hydrogens is 463 g/mol. The molecular formula is C27H24ClFN6. The molecule has 0 bridgehead atoms. The summed E-state index contributed by atoms with van der Waals surface area (Å²) in [4.78, 5) is 15.7. The minimum Gasteiger partial charge on any atom is -0.386 e. The molecule has 1 saturated heterocycles. The number of pyridine rings is 3. The number of nitrogens with one attached hydrogen (secondary N) is 2. The normalized spacial score (nSPS) is 16.5. The van der Waals surface area contributed by atoms with Crippen molar-refractivity contribution in [3.63, 3.8) is 0 Å². The third-order valence-electron chi connectivity index (χ3n) is 6.19. The van der Waals surface area contributed by atoms with E-state index in [-0.39, 0.29) is 0 Å². The Morgan fingerprint density at radius 3 is 2.89 bits per heavy atom. The lowest BCUT2D eigenvalue weighted by molar-refractivity contribution is 0.405. The van der Waals surface area contributed by atoms with Crippen LogP contribution in [0, 0.1) is 11.2 Å². The number of hydrogen-bond acceptors (Lipinski definition) is 6. The topological polar surface area (TPSA) is 77.8 Å². The number of likely N-dealkylation sites (tertiary alicyclic amines) is 1. The van der Waals surface area contributed by atoms with Crippen molar-refractivity contribution in [1.82, 2.24) is 25.2 Å². The Kier molecular flexibility index (Phi) is 6.53. The Morgan fingerprint density at radius 1 is 1.20 bits per heavy atom. The summed E-state index contributed by atoms with van der Waals surface area (Å²) in [5, 5.41) is 12.6. The van der Waals surface area contributed by atoms with Gasteiger partial charge in [-0.05, 0) is 68.0 Å². The molecule has 0 aliphatic carbocycles. The van der Waals surface area contributed by atoms with E-state index < -0.39 is 5.82 Å². The average Bonchev–Trinajstić information content (AvgIpc) is 3.30. The predicted octanol–water partition coefficient (Wildman–Crippen LogP) is 5.44. The van der Waals surface area contributed by atoms with Crippen LogP contribution in [0.25, 0.3) is 39.0 Å². The van der Waals surface area contributed by atoms with Crippen LogP contribution in [0.3, 0.4) is 0 Å². The van der Waals surface area contributed by atoms with Crippen LogP contribution in [0.15, 0.2) is 67.3 Å². The lowest BCUT2D eigenvalue weighted by Gasteiger charge is -2.13. The molecule has 6 nitrogen and oxygen atoms in total. The summed E-state index contributed by atoms with van der Waals surface area (Å²) in [5.74, 6) is -0.410. The van der Waals surface area contributed by atoms with E-state index in [1.54, 1.807) is 24.7 Å². The first kappa shape index (κ1) is 23.1. The number of allylic oxidation sites excluding steroid dienone is 1. The van der Waals surface area contributed by atoms with Crippen LogP contribution < -0.4 is 5.32 Å². The molecule has 1 aliphatic rings. The summed E-state index contributed by atoms with van der Waals surface area (Å²) < 4.78 is 14.7. The number of nitrogens with zero attached hydrogens (tertiary/aromatic N) is 4. The molecule has 4 aromatic rings. The maximum absolute atomic E-state index is 14.7. The zero-order chi connectivity index (χ0) is 24.4. The molecule has 0 saturated carbocycles. The first-order valence-corrected chi connectivity index (χ1v) is 11.7. The number of hydrogen-bond donors (Lipinski definition) is 2. The van der Waals surface area contributed by atoms with Gasteiger partial charge in [-0.1, -0.05) is 11.6 Å². The van der Waals surface area contributed by atoms with Crippen molar-refractivity contribution in [2.75, 3.05) is 20.1 Å². The van der Waals surface area contributed by atoms with Crippen LogP contribution in [0.1, 0.15) is 12.0 Å². The zero-order valence-electron chi connectivity index (χ0n) is 19.2. The highest BCUT2D eigenvalue weighted by molar-refractivity contribution is 6.30. The molecule has 0 radical (unpaired) electrons. The number of rotatable bonds is 6. The summed E-state index contributed by atoms with van der Waals surface area (Å²) in [6.07, 6.45) is 9.43. The predicted molar refractivity (Wildman–Crippen MR) is 139 cm³/mol. The minimum atomic E-state index is -0.410. The van der Waals surface area contributed by atoms with Crippen LogP contribution in [-0.2, 0) is 0 Å². The van der Waals surface area contributed by atoms with Gasteiger partial charge in [-0.15, -0.1) is 0 Å². The van der Waals surface area contributed by atoms with Crippen LogP contribution in [0.2, 0.25) is 5.02 Å². The van der Waals surface area contributed by atoms with E-state index in [4.69, 9.17) is 17.0 Å². The molecule has 8 heteroatoms. The van der Waals surface area contributed by atoms with Gasteiger partial charge in [0, 0.05) is 76.3 Å². The third-order valence-corrected chi connectivity index (χ3v) is 6.43. The van der Waals surface area contributed by atoms with E-state index in [9.17, 15) is 4.39 Å². The molecule has 1 fully saturated rings. The molecule has 0 spiro atoms. The van der Waals surface area contributed by atoms with Crippen molar-refractivity contribution in [2.24, 2.45) is 0 Å². The van der Waals surface area contributed by atoms with Crippen molar-refractivity contribution >= 4 is 34.4 Å². The standard InChI is InChI=1S/C27H24ClFN6/c1-35-8-6-21(16-35)33-15-19(12-30)17-9-18(14-31-13-17)23-11-26(24-10-20(28)4-5-25(24)29)34-27-22(23)3-2-7-32-27/h2-5,7,9-15,21,30,33H,6,8,16H2,1H3/b19-15+,30-12?. The zero-order valence-corrected chi connectivity index (χ0v) is 19.9. The number of aromatic nitrogens is 3. The first-order chi connectivity index (χ1) is 17.0. The van der Waals surface area contributed by atoms with Crippen molar-refractivity contribution < 1.29 is 4.39 Å². The van der Waals surface area contributed by atoms with Crippen molar-refractivity contribution in [3.8, 4) is 22.4 Å². The van der Waals surface area contributed by atoms with E-state index in [0.29, 0.717) is 28.0 Å². The highest BCUT2D eigenvalue weighted by Crippen LogP contribution is 2.33. The number of likely N-dealkylation sites (N-methyl/N-ethyl adjacent to an activating group) is 1. The van der Waals surface area contributed by atoms with Gasteiger partial charge in [-0.25, -0.2) is 14.4 Å². The fraction of sp³-hybridized carbons (Fsp3) is 0.185. The Balaban J connectivity index is 1.58. The Bertz CT molecular complexity index is 1440. The molecule has 2 N–H and O–H groups in total. The molecule has 1 aromatic carbocycles. The highest BCUT2D eigenvalue weighted by atomic mass is 35.5. The molecule has 1 atom stereocenters. The van der Waals surface area contributed by atoms with E-state index >= 15 is 0 Å². The first-order valence-electron chi connectivity index (χ1n) is 11.3. The fourth-order valence-corrected chi connectivity index (χ4v) is 4.53. The summed E-state index contributed by atoms with van der Waals surface area (Å²) in [6.45, 7) is 2.03. The molecule has 1 unspecified atom stereocenters. The van der Waals surface area contributed by atoms with Crippen molar-refractivity contribution in [2.45, 2.75) is 12.5 Å². The summed E-state index contributed by atoms with van der Waals surface area (Å²) >= 11 is 6.14. The Morgan fingerprint density at radius 2 is 2.09 bits per heavy atom. The van der Waals surface area contributed by atoms with Gasteiger partial charge >= 0.3 is 0 Å². The lowest BCUT2D eigenvalue weighted by Crippen LogP contribution is -2.27. The van der Waals surface area contributed by atoms with Gasteiger partial charge in [-0.3, -0.25) is 4.98 Å². The molecule has 0 amide bonds. The van der Waals surface area contributed by atoms with E-state index in [1.165, 1.54) is 18.3 Å². The molecule has 176 valence electrons.